The van der Waals surface area contributed by atoms with Gasteiger partial charge in [-0.3, -0.25) is 4.79 Å². The molecule has 0 aliphatic carbocycles. The van der Waals surface area contributed by atoms with Crippen molar-refractivity contribution in [2.45, 2.75) is 58.5 Å². The Balaban J connectivity index is 0.00000900. The van der Waals surface area contributed by atoms with E-state index in [2.05, 4.69) is 15.0 Å². The number of carbonyl (C=O) groups is 1. The largest absolute Gasteiger partial charge is 0.357 e. The molecule has 0 heterocycles. The van der Waals surface area contributed by atoms with Gasteiger partial charge in [-0.15, -0.1) is 24.0 Å². The van der Waals surface area contributed by atoms with Crippen LogP contribution in [0.15, 0.2) is 34.2 Å². The fourth-order valence-electron chi connectivity index (χ4n) is 2.94. The van der Waals surface area contributed by atoms with Crippen LogP contribution in [0.3, 0.4) is 0 Å². The molecular weight excluding hydrogens is 529 g/mol. The van der Waals surface area contributed by atoms with Crippen molar-refractivity contribution in [3.8, 4) is 0 Å². The smallest absolute Gasteiger partial charge is 0.242 e. The number of amides is 1. The number of guanidine groups is 1. The number of carbonyl (C=O) groups excluding carboxylic acids is 1. The van der Waals surface area contributed by atoms with Crippen LogP contribution in [0.25, 0.3) is 0 Å². The number of rotatable bonds is 9. The Bertz CT molecular complexity index is 834. The van der Waals surface area contributed by atoms with Gasteiger partial charge >= 0.3 is 0 Å². The van der Waals surface area contributed by atoms with Crippen LogP contribution >= 0.6 is 24.0 Å². The van der Waals surface area contributed by atoms with E-state index in [4.69, 9.17) is 0 Å². The van der Waals surface area contributed by atoms with Crippen LogP contribution in [0.2, 0.25) is 0 Å². The first-order valence-electron chi connectivity index (χ1n) is 10.3. The van der Waals surface area contributed by atoms with Crippen LogP contribution in [-0.4, -0.2) is 68.8 Å². The molecule has 1 aromatic carbocycles. The topological polar surface area (TPSA) is 94.1 Å². The highest BCUT2D eigenvalue weighted by atomic mass is 127. The lowest BCUT2D eigenvalue weighted by molar-refractivity contribution is -0.131. The molecular formula is C21H38IN5O3S. The van der Waals surface area contributed by atoms with E-state index in [1.54, 1.807) is 61.9 Å². The molecule has 0 unspecified atom stereocenters. The molecule has 0 saturated carbocycles. The molecule has 0 aromatic heterocycles. The normalized spacial score (nSPS) is 12.2. The molecule has 0 saturated heterocycles. The first kappa shape index (κ1) is 29.6. The first-order chi connectivity index (χ1) is 13.9. The highest BCUT2D eigenvalue weighted by Crippen LogP contribution is 2.18. The number of hydrogen-bond donors (Lipinski definition) is 2. The van der Waals surface area contributed by atoms with Gasteiger partial charge in [-0.25, -0.2) is 18.1 Å². The Labute approximate surface area is 204 Å². The quantitative estimate of drug-likeness (QED) is 0.272. The van der Waals surface area contributed by atoms with Crippen molar-refractivity contribution in [1.82, 2.24) is 19.8 Å². The van der Waals surface area contributed by atoms with E-state index in [1.165, 1.54) is 0 Å². The zero-order valence-corrected chi connectivity index (χ0v) is 22.9. The van der Waals surface area contributed by atoms with E-state index >= 15 is 0 Å². The van der Waals surface area contributed by atoms with Gasteiger partial charge in [0.15, 0.2) is 5.96 Å². The summed E-state index contributed by atoms with van der Waals surface area (Å²) in [6.07, 6.45) is 0. The summed E-state index contributed by atoms with van der Waals surface area (Å²) in [7, 11) is -1.88. The third kappa shape index (κ3) is 9.73. The number of aliphatic imine (C=N–C) groups is 1. The van der Waals surface area contributed by atoms with Crippen LogP contribution in [-0.2, 0) is 21.4 Å². The molecule has 1 amide bonds. The summed E-state index contributed by atoms with van der Waals surface area (Å²) < 4.78 is 28.3. The maximum Gasteiger partial charge on any atom is 0.242 e. The standard InChI is InChI=1S/C21H37N5O3S.HI/c1-8-22-20(25(7)16-19(27)26(9-2)10-3)23-15-17-13-11-12-14-18(17)30(28,29)24-21(4,5)6;/h11-14,24H,8-10,15-16H2,1-7H3,(H,22,23);1H. The van der Waals surface area contributed by atoms with E-state index < -0.39 is 15.6 Å². The third-order valence-corrected chi connectivity index (χ3v) is 6.15. The Morgan fingerprint density at radius 1 is 1.10 bits per heavy atom. The number of nitrogens with zero attached hydrogens (tertiary/aromatic N) is 3. The van der Waals surface area contributed by atoms with E-state index in [1.807, 2.05) is 20.8 Å². The number of hydrogen-bond acceptors (Lipinski definition) is 4. The van der Waals surface area contributed by atoms with Crippen molar-refractivity contribution < 1.29 is 13.2 Å². The highest BCUT2D eigenvalue weighted by molar-refractivity contribution is 14.0. The van der Waals surface area contributed by atoms with Crippen molar-refractivity contribution in [2.75, 3.05) is 33.2 Å². The molecule has 0 spiro atoms. The summed E-state index contributed by atoms with van der Waals surface area (Å²) in [5.74, 6) is 0.569. The highest BCUT2D eigenvalue weighted by Gasteiger charge is 2.24. The van der Waals surface area contributed by atoms with Gasteiger partial charge in [-0.1, -0.05) is 18.2 Å². The minimum absolute atomic E-state index is 0. The predicted octanol–water partition coefficient (Wildman–Crippen LogP) is 2.65. The summed E-state index contributed by atoms with van der Waals surface area (Å²) >= 11 is 0. The Hall–Kier alpha value is -1.40. The summed E-state index contributed by atoms with van der Waals surface area (Å²) in [6.45, 7) is 13.6. The van der Waals surface area contributed by atoms with E-state index in [-0.39, 0.29) is 47.9 Å². The number of nitrogens with one attached hydrogen (secondary N) is 2. The van der Waals surface area contributed by atoms with Gasteiger partial charge in [0.1, 0.15) is 0 Å². The number of benzene rings is 1. The van der Waals surface area contributed by atoms with Gasteiger partial charge in [0.25, 0.3) is 0 Å². The minimum Gasteiger partial charge on any atom is -0.357 e. The fourth-order valence-corrected chi connectivity index (χ4v) is 4.59. The molecule has 0 aliphatic rings. The Morgan fingerprint density at radius 3 is 2.19 bits per heavy atom. The summed E-state index contributed by atoms with van der Waals surface area (Å²) in [6, 6.07) is 6.83. The monoisotopic (exact) mass is 567 g/mol. The first-order valence-corrected chi connectivity index (χ1v) is 11.8. The molecule has 0 atom stereocenters. The summed E-state index contributed by atoms with van der Waals surface area (Å²) in [5.41, 5.74) is 0.00271. The molecule has 8 nitrogen and oxygen atoms in total. The molecule has 0 aliphatic heterocycles. The molecule has 1 aromatic rings. The maximum absolute atomic E-state index is 12.8. The Kier molecular flexibility index (Phi) is 12.6. The SMILES string of the molecule is CCNC(=NCc1ccccc1S(=O)(=O)NC(C)(C)C)N(C)CC(=O)N(CC)CC.I. The molecule has 1 rings (SSSR count). The van der Waals surface area contributed by atoms with E-state index in [9.17, 15) is 13.2 Å². The summed E-state index contributed by atoms with van der Waals surface area (Å²) in [5, 5.41) is 3.17. The lowest BCUT2D eigenvalue weighted by Gasteiger charge is -2.25. The van der Waals surface area contributed by atoms with Crippen molar-refractivity contribution in [3.05, 3.63) is 29.8 Å². The summed E-state index contributed by atoms with van der Waals surface area (Å²) in [4.78, 5) is 20.8. The van der Waals surface area contributed by atoms with Crippen molar-refractivity contribution in [3.63, 3.8) is 0 Å². The van der Waals surface area contributed by atoms with E-state index in [0.717, 1.165) is 0 Å². The lowest BCUT2D eigenvalue weighted by Crippen LogP contribution is -2.45. The molecule has 0 bridgehead atoms. The predicted molar refractivity (Wildman–Crippen MR) is 137 cm³/mol. The molecule has 2 N–H and O–H groups in total. The second-order valence-corrected chi connectivity index (χ2v) is 9.71. The van der Waals surface area contributed by atoms with Crippen LogP contribution in [0.1, 0.15) is 47.1 Å². The Morgan fingerprint density at radius 2 is 1.68 bits per heavy atom. The van der Waals surface area contributed by atoms with Crippen molar-refractivity contribution in [2.24, 2.45) is 4.99 Å². The van der Waals surface area contributed by atoms with E-state index in [0.29, 0.717) is 31.2 Å². The van der Waals surface area contributed by atoms with Crippen LogP contribution < -0.4 is 10.0 Å². The average Bonchev–Trinajstić information content (AvgIpc) is 2.64. The van der Waals surface area contributed by atoms with Gasteiger partial charge in [0.05, 0.1) is 18.0 Å². The molecule has 31 heavy (non-hydrogen) atoms. The maximum atomic E-state index is 12.8. The zero-order chi connectivity index (χ0) is 22.9. The van der Waals surface area contributed by atoms with Crippen molar-refractivity contribution >= 4 is 45.9 Å². The van der Waals surface area contributed by atoms with Crippen molar-refractivity contribution in [1.29, 1.82) is 0 Å². The second-order valence-electron chi connectivity index (χ2n) is 8.06. The van der Waals surface area contributed by atoms with Gasteiger partial charge in [-0.2, -0.15) is 0 Å². The van der Waals surface area contributed by atoms with Crippen LogP contribution in [0.5, 0.6) is 0 Å². The fraction of sp³-hybridized carbons (Fsp3) is 0.619. The number of likely N-dealkylation sites (N-methyl/N-ethyl adjacent to an activating group) is 2. The second kappa shape index (κ2) is 13.2. The third-order valence-electron chi connectivity index (χ3n) is 4.29. The van der Waals surface area contributed by atoms with Gasteiger partial charge in [0, 0.05) is 32.2 Å². The zero-order valence-electron chi connectivity index (χ0n) is 19.7. The molecule has 0 fully saturated rings. The average molecular weight is 568 g/mol. The molecule has 0 radical (unpaired) electrons. The van der Waals surface area contributed by atoms with Crippen LogP contribution in [0.4, 0.5) is 0 Å². The van der Waals surface area contributed by atoms with Gasteiger partial charge in [-0.05, 0) is 53.2 Å². The van der Waals surface area contributed by atoms with Gasteiger partial charge in [0.2, 0.25) is 15.9 Å². The minimum atomic E-state index is -3.68. The molecule has 178 valence electrons. The number of halogens is 1. The lowest BCUT2D eigenvalue weighted by atomic mass is 10.1. The molecule has 10 heteroatoms. The van der Waals surface area contributed by atoms with Gasteiger partial charge < -0.3 is 15.1 Å². The van der Waals surface area contributed by atoms with Crippen LogP contribution in [0, 0.1) is 0 Å². The number of sulfonamides is 1.